The van der Waals surface area contributed by atoms with Crippen molar-refractivity contribution in [3.63, 3.8) is 0 Å². The Morgan fingerprint density at radius 3 is 1.73 bits per heavy atom. The molecule has 1 heterocycles. The Labute approximate surface area is 227 Å². The van der Waals surface area contributed by atoms with Gasteiger partial charge in [0, 0.05) is 22.3 Å². The zero-order valence-electron chi connectivity index (χ0n) is 24.1. The Bertz CT molecular complexity index is 1070. The molecule has 1 aliphatic rings. The van der Waals surface area contributed by atoms with Gasteiger partial charge in [0.1, 0.15) is 0 Å². The highest BCUT2D eigenvalue weighted by Gasteiger charge is 2.35. The van der Waals surface area contributed by atoms with Crippen molar-refractivity contribution in [2.75, 3.05) is 0 Å². The van der Waals surface area contributed by atoms with Crippen molar-refractivity contribution >= 4 is 11.4 Å². The van der Waals surface area contributed by atoms with Gasteiger partial charge in [0.25, 0.3) is 0 Å². The third kappa shape index (κ3) is 8.25. The van der Waals surface area contributed by atoms with Gasteiger partial charge in [-0.05, 0) is 75.3 Å². The summed E-state index contributed by atoms with van der Waals surface area (Å²) in [6, 6.07) is 17.6. The van der Waals surface area contributed by atoms with Crippen LogP contribution in [0.2, 0.25) is 0 Å². The van der Waals surface area contributed by atoms with Crippen molar-refractivity contribution in [2.24, 2.45) is 0 Å². The molecule has 0 aliphatic carbocycles. The molecule has 2 aromatic rings. The summed E-state index contributed by atoms with van der Waals surface area (Å²) in [6.45, 7) is 8.94. The minimum atomic E-state index is 0.999. The number of benzene rings is 2. The summed E-state index contributed by atoms with van der Waals surface area (Å²) in [5.41, 5.74) is 21.4. The van der Waals surface area contributed by atoms with E-state index in [1.165, 1.54) is 86.5 Å². The standard InChI is InChI=1S/C35H50N2/c1-5-8-11-13-14-15-20-29-21-18-23-31(27-29)35-33(25-16-12-9-6-2)32(24-10-7-3)34(37(35)36)30-22-17-19-28(4)26-30/h17-19,21-23,26-27H,5-16,20,24-25H2,1-4H3. The predicted octanol–water partition coefficient (Wildman–Crippen LogP) is 11.2. The zero-order chi connectivity index (χ0) is 26.5. The molecule has 37 heavy (non-hydrogen) atoms. The molecule has 200 valence electrons. The fourth-order valence-electron chi connectivity index (χ4n) is 5.64. The first-order chi connectivity index (χ1) is 18.1. The lowest BCUT2D eigenvalue weighted by molar-refractivity contribution is -0.345. The van der Waals surface area contributed by atoms with Gasteiger partial charge >= 0.3 is 0 Å². The lowest BCUT2D eigenvalue weighted by Gasteiger charge is -2.11. The van der Waals surface area contributed by atoms with E-state index in [1.807, 2.05) is 0 Å². The van der Waals surface area contributed by atoms with Gasteiger partial charge in [-0.25, -0.2) is 4.70 Å². The van der Waals surface area contributed by atoms with Crippen molar-refractivity contribution < 1.29 is 4.70 Å². The molecule has 0 radical (unpaired) electrons. The van der Waals surface area contributed by atoms with Gasteiger partial charge < -0.3 is 5.53 Å². The van der Waals surface area contributed by atoms with Gasteiger partial charge in [-0.1, -0.05) is 108 Å². The summed E-state index contributed by atoms with van der Waals surface area (Å²) in [4.78, 5) is 0. The molecule has 0 unspecified atom stereocenters. The van der Waals surface area contributed by atoms with Crippen LogP contribution in [0.3, 0.4) is 0 Å². The van der Waals surface area contributed by atoms with Crippen LogP contribution in [0, 0.1) is 6.92 Å². The summed E-state index contributed by atoms with van der Waals surface area (Å²) in [5, 5.41) is 0. The molecule has 3 rings (SSSR count). The fraction of sp³-hybridized carbons (Fsp3) is 0.543. The molecular formula is C35H50N2. The van der Waals surface area contributed by atoms with Crippen LogP contribution < -0.4 is 0 Å². The molecule has 0 saturated heterocycles. The van der Waals surface area contributed by atoms with E-state index in [4.69, 9.17) is 0 Å². The number of allylic oxidation sites excluding steroid dienone is 2. The molecule has 0 N–H and O–H groups in total. The summed E-state index contributed by atoms with van der Waals surface area (Å²) >= 11 is 0. The number of hydrogen-bond acceptors (Lipinski definition) is 0. The second-order valence-corrected chi connectivity index (χ2v) is 11.0. The van der Waals surface area contributed by atoms with Crippen LogP contribution in [0.15, 0.2) is 59.7 Å². The van der Waals surface area contributed by atoms with Crippen LogP contribution in [-0.4, -0.2) is 4.70 Å². The van der Waals surface area contributed by atoms with Crippen molar-refractivity contribution in [1.82, 2.24) is 0 Å². The minimum Gasteiger partial charge on any atom is -0.493 e. The number of rotatable bonds is 17. The van der Waals surface area contributed by atoms with Gasteiger partial charge in [0.05, 0.1) is 0 Å². The number of hydrogen-bond donors (Lipinski definition) is 0. The lowest BCUT2D eigenvalue weighted by atomic mass is 9.91. The maximum absolute atomic E-state index is 11.8. The van der Waals surface area contributed by atoms with E-state index >= 15 is 0 Å². The van der Waals surface area contributed by atoms with Crippen molar-refractivity contribution in [1.29, 1.82) is 0 Å². The summed E-state index contributed by atoms with van der Waals surface area (Å²) in [6.07, 6.45) is 18.3. The van der Waals surface area contributed by atoms with E-state index in [1.54, 1.807) is 4.70 Å². The molecule has 0 spiro atoms. The summed E-state index contributed by atoms with van der Waals surface area (Å²) < 4.78 is 1.54. The third-order valence-corrected chi connectivity index (χ3v) is 7.73. The molecule has 0 saturated carbocycles. The van der Waals surface area contributed by atoms with Crippen LogP contribution >= 0.6 is 0 Å². The molecule has 0 aromatic heterocycles. The van der Waals surface area contributed by atoms with Crippen LogP contribution in [-0.2, 0) is 6.42 Å². The van der Waals surface area contributed by atoms with Gasteiger partial charge in [0.2, 0.25) is 11.4 Å². The minimum absolute atomic E-state index is 0.999. The van der Waals surface area contributed by atoms with E-state index in [9.17, 15) is 5.53 Å². The Morgan fingerprint density at radius 2 is 1.08 bits per heavy atom. The molecule has 0 atom stereocenters. The van der Waals surface area contributed by atoms with Gasteiger partial charge in [-0.15, -0.1) is 0 Å². The molecule has 1 aliphatic heterocycles. The Hall–Kier alpha value is -2.48. The number of nitrogens with zero attached hydrogens (tertiary/aromatic N) is 2. The lowest BCUT2D eigenvalue weighted by Crippen LogP contribution is -2.03. The molecule has 0 fully saturated rings. The predicted molar refractivity (Wildman–Crippen MR) is 160 cm³/mol. The van der Waals surface area contributed by atoms with Gasteiger partial charge in [-0.3, -0.25) is 0 Å². The molecule has 0 amide bonds. The molecule has 2 nitrogen and oxygen atoms in total. The van der Waals surface area contributed by atoms with Gasteiger partial charge in [0.15, 0.2) is 0 Å². The topological polar surface area (TPSA) is 25.3 Å². The first-order valence-electron chi connectivity index (χ1n) is 15.2. The highest BCUT2D eigenvalue weighted by molar-refractivity contribution is 5.82. The normalized spacial score (nSPS) is 13.8. The fourth-order valence-corrected chi connectivity index (χ4v) is 5.64. The third-order valence-electron chi connectivity index (χ3n) is 7.73. The monoisotopic (exact) mass is 498 g/mol. The second-order valence-electron chi connectivity index (χ2n) is 11.0. The quantitative estimate of drug-likeness (QED) is 0.153. The summed E-state index contributed by atoms with van der Waals surface area (Å²) in [7, 11) is 0. The Morgan fingerprint density at radius 1 is 0.568 bits per heavy atom. The van der Waals surface area contributed by atoms with E-state index in [-0.39, 0.29) is 0 Å². The maximum Gasteiger partial charge on any atom is 0.211 e. The number of aryl methyl sites for hydroxylation is 2. The Kier molecular flexibility index (Phi) is 12.3. The average molecular weight is 499 g/mol. The van der Waals surface area contributed by atoms with Crippen LogP contribution in [0.5, 0.6) is 0 Å². The van der Waals surface area contributed by atoms with Crippen molar-refractivity contribution in [3.8, 4) is 0 Å². The smallest absolute Gasteiger partial charge is 0.211 e. The largest absolute Gasteiger partial charge is 0.493 e. The zero-order valence-corrected chi connectivity index (χ0v) is 24.1. The van der Waals surface area contributed by atoms with Crippen LogP contribution in [0.4, 0.5) is 0 Å². The second kappa shape index (κ2) is 15.7. The van der Waals surface area contributed by atoms with Crippen LogP contribution in [0.25, 0.3) is 16.9 Å². The molecule has 2 aromatic carbocycles. The highest BCUT2D eigenvalue weighted by atomic mass is 15.2. The number of unbranched alkanes of at least 4 members (excludes halogenated alkanes) is 9. The molecule has 2 heteroatoms. The highest BCUT2D eigenvalue weighted by Crippen LogP contribution is 2.44. The van der Waals surface area contributed by atoms with E-state index in [0.29, 0.717) is 0 Å². The van der Waals surface area contributed by atoms with E-state index < -0.39 is 0 Å². The molecular weight excluding hydrogens is 448 g/mol. The first kappa shape index (κ1) is 29.1. The maximum atomic E-state index is 11.8. The van der Waals surface area contributed by atoms with Crippen molar-refractivity contribution in [3.05, 3.63) is 87.5 Å². The molecule has 0 bridgehead atoms. The van der Waals surface area contributed by atoms with Crippen LogP contribution in [0.1, 0.15) is 133 Å². The first-order valence-corrected chi connectivity index (χ1v) is 15.2. The van der Waals surface area contributed by atoms with E-state index in [2.05, 4.69) is 76.2 Å². The van der Waals surface area contributed by atoms with E-state index in [0.717, 1.165) is 54.6 Å². The van der Waals surface area contributed by atoms with Crippen molar-refractivity contribution in [2.45, 2.75) is 124 Å². The summed E-state index contributed by atoms with van der Waals surface area (Å²) in [5.74, 6) is 0. The SMILES string of the molecule is CCCCCCCCc1cccc(C2=C(CCCCCC)C(CCCC)=C(c3cccc(C)c3)[N+]2=[N-])c1. The Balaban J connectivity index is 1.94. The van der Waals surface area contributed by atoms with Gasteiger partial charge in [-0.2, -0.15) is 0 Å². The average Bonchev–Trinajstić information content (AvgIpc) is 3.18.